The van der Waals surface area contributed by atoms with Gasteiger partial charge in [0.25, 0.3) is 5.56 Å². The number of rotatable bonds is 8. The number of nitrogen functional groups attached to an aromatic ring is 2. The summed E-state index contributed by atoms with van der Waals surface area (Å²) >= 11 is 5.13. The molecule has 4 aromatic heterocycles. The van der Waals surface area contributed by atoms with Gasteiger partial charge in [0.05, 0.1) is 24.9 Å². The van der Waals surface area contributed by atoms with Gasteiger partial charge in [-0.25, -0.2) is 19.3 Å². The lowest BCUT2D eigenvalue weighted by Crippen LogP contribution is -2.45. The molecule has 18 nitrogen and oxygen atoms in total. The molecule has 6 rings (SSSR count). The van der Waals surface area contributed by atoms with Gasteiger partial charge < -0.3 is 50.2 Å². The van der Waals surface area contributed by atoms with E-state index < -0.39 is 74.1 Å². The first-order valence-electron chi connectivity index (χ1n) is 12.8. The van der Waals surface area contributed by atoms with Crippen molar-refractivity contribution in [3.05, 3.63) is 35.3 Å². The molecule has 2 saturated heterocycles. The number of nitrogens with one attached hydrogen (secondary N) is 1. The van der Waals surface area contributed by atoms with Crippen molar-refractivity contribution >= 4 is 52.5 Å². The summed E-state index contributed by atoms with van der Waals surface area (Å²) in [5.41, 5.74) is 8.83. The number of alkyl halides is 1. The van der Waals surface area contributed by atoms with Crippen LogP contribution in [-0.2, 0) is 30.3 Å². The lowest BCUT2D eigenvalue weighted by atomic mass is 9.97. The lowest BCUT2D eigenvalue weighted by Gasteiger charge is -2.30. The number of ether oxygens (including phenoxy) is 2. The van der Waals surface area contributed by atoms with E-state index in [1.807, 2.05) is 0 Å². The van der Waals surface area contributed by atoms with Gasteiger partial charge in [-0.15, -0.1) is 6.42 Å². The Morgan fingerprint density at radius 1 is 1.25 bits per heavy atom. The van der Waals surface area contributed by atoms with Crippen molar-refractivity contribution < 1.29 is 43.1 Å². The molecule has 6 heterocycles. The van der Waals surface area contributed by atoms with Crippen molar-refractivity contribution in [1.82, 2.24) is 34.1 Å². The molecular formula is C23H25FN9O9PS. The lowest BCUT2D eigenvalue weighted by molar-refractivity contribution is -0.0907. The molecule has 9 atom stereocenters. The third kappa shape index (κ3) is 4.93. The maximum Gasteiger partial charge on any atom is 0.325 e. The Labute approximate surface area is 250 Å². The van der Waals surface area contributed by atoms with Crippen LogP contribution in [-0.4, -0.2) is 104 Å². The van der Waals surface area contributed by atoms with E-state index in [0.717, 1.165) is 10.9 Å². The molecule has 21 heteroatoms. The summed E-state index contributed by atoms with van der Waals surface area (Å²) in [7, 11) is 0. The number of H-pyrrole nitrogens is 1. The van der Waals surface area contributed by atoms with Gasteiger partial charge in [0.15, 0.2) is 35.4 Å². The van der Waals surface area contributed by atoms with Gasteiger partial charge in [0, 0.05) is 6.20 Å². The second-order valence-electron chi connectivity index (χ2n) is 9.98. The minimum Gasteiger partial charge on any atom is -0.394 e. The van der Waals surface area contributed by atoms with E-state index in [9.17, 15) is 25.0 Å². The molecule has 0 saturated carbocycles. The van der Waals surface area contributed by atoms with E-state index >= 15 is 4.39 Å². The second kappa shape index (κ2) is 11.1. The van der Waals surface area contributed by atoms with Crippen LogP contribution in [0.4, 0.5) is 16.2 Å². The summed E-state index contributed by atoms with van der Waals surface area (Å²) < 4.78 is 40.4. The van der Waals surface area contributed by atoms with Crippen LogP contribution >= 0.6 is 6.72 Å². The fourth-order valence-electron chi connectivity index (χ4n) is 5.15. The van der Waals surface area contributed by atoms with Gasteiger partial charge in [-0.3, -0.25) is 18.9 Å². The number of aliphatic hydroxyl groups is 3. The zero-order valence-electron chi connectivity index (χ0n) is 22.2. The Morgan fingerprint density at radius 2 is 2.02 bits per heavy atom. The zero-order valence-corrected chi connectivity index (χ0v) is 24.0. The number of nitrogens with two attached hydrogens (primary N) is 2. The van der Waals surface area contributed by atoms with Crippen molar-refractivity contribution in [1.29, 1.82) is 0 Å². The maximum atomic E-state index is 15.4. The molecule has 44 heavy (non-hydrogen) atoms. The zero-order chi connectivity index (χ0) is 31.6. The van der Waals surface area contributed by atoms with Crippen LogP contribution < -0.4 is 17.0 Å². The van der Waals surface area contributed by atoms with E-state index in [1.54, 1.807) is 6.07 Å². The molecule has 0 radical (unpaired) electrons. The smallest absolute Gasteiger partial charge is 0.325 e. The molecule has 2 fully saturated rings. The predicted molar refractivity (Wildman–Crippen MR) is 151 cm³/mol. The SMILES string of the molecule is C#C[C@]1(COP(O)(=S)O[C@@H]2[C@H](F)[C@@H](CO)O[C@H]2n2cnc3c(=O)[nH]c(N)nc32)O[C@@H](n2ccc3c(N)ncnc32)[C@H](O)[C@@H]1O. The van der Waals surface area contributed by atoms with Crippen molar-refractivity contribution in [3.63, 3.8) is 0 Å². The third-order valence-electron chi connectivity index (χ3n) is 7.35. The number of aromatic nitrogens is 7. The van der Waals surface area contributed by atoms with E-state index in [0.29, 0.717) is 5.39 Å². The van der Waals surface area contributed by atoms with Crippen LogP contribution in [0.5, 0.6) is 0 Å². The van der Waals surface area contributed by atoms with Gasteiger partial charge in [0.1, 0.15) is 42.2 Å². The molecule has 9 N–H and O–H groups in total. The summed E-state index contributed by atoms with van der Waals surface area (Å²) in [4.78, 5) is 41.5. The molecule has 0 aliphatic carbocycles. The fourth-order valence-corrected chi connectivity index (χ4v) is 6.55. The van der Waals surface area contributed by atoms with Crippen molar-refractivity contribution in [2.45, 2.75) is 48.6 Å². The molecule has 4 aromatic rings. The topological polar surface area (TPSA) is 264 Å². The van der Waals surface area contributed by atoms with Crippen molar-refractivity contribution in [3.8, 4) is 12.3 Å². The Bertz CT molecular complexity index is 1880. The minimum atomic E-state index is -4.44. The number of aromatic amines is 1. The molecule has 234 valence electrons. The van der Waals surface area contributed by atoms with E-state index in [1.165, 1.54) is 17.1 Å². The second-order valence-corrected chi connectivity index (χ2v) is 12.8. The fraction of sp³-hybridized carbons (Fsp3) is 0.435. The van der Waals surface area contributed by atoms with Crippen LogP contribution in [0.3, 0.4) is 0 Å². The van der Waals surface area contributed by atoms with E-state index in [2.05, 4.69) is 30.8 Å². The number of aliphatic hydroxyl groups excluding tert-OH is 3. The molecule has 2 aliphatic heterocycles. The third-order valence-corrected chi connectivity index (χ3v) is 8.89. The number of hydrogen-bond donors (Lipinski definition) is 7. The molecule has 0 amide bonds. The maximum absolute atomic E-state index is 15.4. The molecule has 0 aromatic carbocycles. The summed E-state index contributed by atoms with van der Waals surface area (Å²) in [5, 5.41) is 31.9. The summed E-state index contributed by atoms with van der Waals surface area (Å²) in [5.74, 6) is 2.15. The molecule has 0 spiro atoms. The molecule has 2 aliphatic rings. The summed E-state index contributed by atoms with van der Waals surface area (Å²) in [6.45, 7) is -6.02. The first-order chi connectivity index (χ1) is 20.9. The normalized spacial score (nSPS) is 31.9. The van der Waals surface area contributed by atoms with Crippen LogP contribution in [0.2, 0.25) is 0 Å². The van der Waals surface area contributed by atoms with E-state index in [-0.39, 0.29) is 28.6 Å². The van der Waals surface area contributed by atoms with Crippen LogP contribution in [0.25, 0.3) is 22.2 Å². The highest BCUT2D eigenvalue weighted by atomic mass is 32.5. The Morgan fingerprint density at radius 3 is 2.75 bits per heavy atom. The largest absolute Gasteiger partial charge is 0.394 e. The van der Waals surface area contributed by atoms with Crippen molar-refractivity contribution in [2.24, 2.45) is 0 Å². The predicted octanol–water partition coefficient (Wildman–Crippen LogP) is -1.80. The highest BCUT2D eigenvalue weighted by Crippen LogP contribution is 2.52. The first-order valence-corrected chi connectivity index (χ1v) is 15.4. The average Bonchev–Trinajstić information content (AvgIpc) is 3.73. The minimum absolute atomic E-state index is 0.0962. The Kier molecular flexibility index (Phi) is 7.66. The Hall–Kier alpha value is -3.61. The van der Waals surface area contributed by atoms with Crippen LogP contribution in [0.15, 0.2) is 29.7 Å². The number of fused-ring (bicyclic) bond motifs is 2. The number of nitrogens with zero attached hydrogens (tertiary/aromatic N) is 6. The van der Waals surface area contributed by atoms with Gasteiger partial charge in [-0.2, -0.15) is 4.98 Å². The number of terminal acetylenes is 1. The van der Waals surface area contributed by atoms with Crippen LogP contribution in [0.1, 0.15) is 12.5 Å². The molecule has 0 bridgehead atoms. The first kappa shape index (κ1) is 30.4. The van der Waals surface area contributed by atoms with Gasteiger partial charge in [0.2, 0.25) is 5.95 Å². The monoisotopic (exact) mass is 653 g/mol. The highest BCUT2D eigenvalue weighted by Gasteiger charge is 2.56. The number of anilines is 2. The van der Waals surface area contributed by atoms with Gasteiger partial charge >= 0.3 is 6.72 Å². The van der Waals surface area contributed by atoms with Crippen molar-refractivity contribution in [2.75, 3.05) is 24.7 Å². The number of hydrogen-bond acceptors (Lipinski definition) is 15. The Balaban J connectivity index is 1.24. The van der Waals surface area contributed by atoms with E-state index in [4.69, 9.17) is 48.2 Å². The number of imidazole rings is 1. The number of halogens is 1. The summed E-state index contributed by atoms with van der Waals surface area (Å²) in [6.07, 6.45) is -1.78. The van der Waals surface area contributed by atoms with Gasteiger partial charge in [-0.1, -0.05) is 5.92 Å². The van der Waals surface area contributed by atoms with Crippen LogP contribution in [0, 0.1) is 12.3 Å². The van der Waals surface area contributed by atoms with Gasteiger partial charge in [-0.05, 0) is 17.9 Å². The standard InChI is InChI=1S/C23H25FN9O9PS/c1-2-23(15(36)13(35)20(41-23)32-4-3-9-16(25)27-7-28-17(9)32)6-39-43(38,44)42-14-11(24)10(5-34)40-21(14)33-8-29-12-18(33)30-22(26)31-19(12)37/h1,3-4,7-8,10-11,13-15,20-21,34-36H,5-6H2,(H,38,44)(H2,25,27,28)(H3,26,30,31,37)/t10-,11-,13-,14-,15+,20-,21-,23-,43?/m1/s1. The molecule has 1 unspecified atom stereocenters. The molecular weight excluding hydrogens is 628 g/mol. The summed E-state index contributed by atoms with van der Waals surface area (Å²) in [6, 6.07) is 1.58. The highest BCUT2D eigenvalue weighted by molar-refractivity contribution is 8.07. The quantitative estimate of drug-likeness (QED) is 0.0817. The average molecular weight is 654 g/mol.